The predicted molar refractivity (Wildman–Crippen MR) is 113 cm³/mol. The highest BCUT2D eigenvalue weighted by Crippen LogP contribution is 2.34. The second-order valence-electron chi connectivity index (χ2n) is 8.05. The standard InChI is InChI=1S/C19H22ClFN6S/c1-19(2,3)23-12-8-9-26(11-12)17-7-6-16(24-25-17)13-4-5-15(20)18-14(13)10-22-27(18)28-21/h4-7,10,12,23H,8-9,11H2,1-3H3. The van der Waals surface area contributed by atoms with Crippen LogP contribution in [0.4, 0.5) is 9.70 Å². The van der Waals surface area contributed by atoms with Crippen LogP contribution in [-0.4, -0.2) is 44.1 Å². The van der Waals surface area contributed by atoms with Gasteiger partial charge in [0.1, 0.15) is 5.52 Å². The largest absolute Gasteiger partial charge is 0.354 e. The zero-order valence-corrected chi connectivity index (χ0v) is 17.6. The zero-order chi connectivity index (χ0) is 19.9. The Morgan fingerprint density at radius 3 is 2.71 bits per heavy atom. The molecule has 28 heavy (non-hydrogen) atoms. The maximum Gasteiger partial charge on any atom is 0.188 e. The number of anilines is 1. The topological polar surface area (TPSA) is 58.9 Å². The molecule has 1 N–H and O–H groups in total. The molecule has 1 aliphatic heterocycles. The van der Waals surface area contributed by atoms with E-state index in [1.807, 2.05) is 18.2 Å². The van der Waals surface area contributed by atoms with Crippen molar-refractivity contribution < 1.29 is 3.89 Å². The van der Waals surface area contributed by atoms with Crippen LogP contribution in [0, 0.1) is 0 Å². The monoisotopic (exact) mass is 420 g/mol. The molecule has 3 heterocycles. The summed E-state index contributed by atoms with van der Waals surface area (Å²) >= 11 is 6.24. The van der Waals surface area contributed by atoms with Crippen molar-refractivity contribution in [3.63, 3.8) is 0 Å². The Labute approximate surface area is 172 Å². The second-order valence-corrected chi connectivity index (χ2v) is 8.94. The van der Waals surface area contributed by atoms with E-state index in [-0.39, 0.29) is 17.9 Å². The fourth-order valence-corrected chi connectivity index (χ4v) is 4.33. The first-order chi connectivity index (χ1) is 13.4. The third-order valence-corrected chi connectivity index (χ3v) is 5.50. The maximum absolute atomic E-state index is 13.1. The summed E-state index contributed by atoms with van der Waals surface area (Å²) in [5, 5.41) is 17.7. The van der Waals surface area contributed by atoms with Crippen LogP contribution in [0.15, 0.2) is 30.5 Å². The van der Waals surface area contributed by atoms with Crippen molar-refractivity contribution >= 4 is 40.7 Å². The summed E-state index contributed by atoms with van der Waals surface area (Å²) in [5.41, 5.74) is 2.16. The molecule has 0 saturated carbocycles. The second kappa shape index (κ2) is 7.50. The molecule has 0 aliphatic carbocycles. The van der Waals surface area contributed by atoms with E-state index in [4.69, 9.17) is 11.6 Å². The van der Waals surface area contributed by atoms with Gasteiger partial charge in [-0.05, 0) is 45.4 Å². The quantitative estimate of drug-likeness (QED) is 0.670. The SMILES string of the molecule is CC(C)(C)NC1CCN(c2ccc(-c3ccc(Cl)c4c3cnn4SF)nn2)C1. The molecule has 1 aliphatic rings. The minimum Gasteiger partial charge on any atom is -0.354 e. The van der Waals surface area contributed by atoms with E-state index < -0.39 is 0 Å². The van der Waals surface area contributed by atoms with Crippen LogP contribution in [0.25, 0.3) is 22.2 Å². The van der Waals surface area contributed by atoms with Crippen molar-refractivity contribution in [1.82, 2.24) is 24.7 Å². The molecule has 1 fully saturated rings. The first-order valence-corrected chi connectivity index (χ1v) is 10.2. The van der Waals surface area contributed by atoms with Crippen molar-refractivity contribution in [2.75, 3.05) is 18.0 Å². The highest BCUT2D eigenvalue weighted by atomic mass is 35.5. The van der Waals surface area contributed by atoms with Gasteiger partial charge in [0.05, 0.1) is 16.9 Å². The number of rotatable bonds is 4. The fraction of sp³-hybridized carbons (Fsp3) is 0.421. The van der Waals surface area contributed by atoms with E-state index in [1.165, 1.54) is 0 Å². The van der Waals surface area contributed by atoms with Crippen LogP contribution in [-0.2, 0) is 0 Å². The third kappa shape index (κ3) is 3.81. The molecule has 0 radical (unpaired) electrons. The lowest BCUT2D eigenvalue weighted by Gasteiger charge is -2.26. The summed E-state index contributed by atoms with van der Waals surface area (Å²) in [6.07, 6.45) is 2.68. The van der Waals surface area contributed by atoms with E-state index >= 15 is 0 Å². The van der Waals surface area contributed by atoms with Gasteiger partial charge >= 0.3 is 0 Å². The van der Waals surface area contributed by atoms with Crippen LogP contribution in [0.1, 0.15) is 27.2 Å². The van der Waals surface area contributed by atoms with Gasteiger partial charge in [0.25, 0.3) is 0 Å². The number of benzene rings is 1. The van der Waals surface area contributed by atoms with E-state index in [0.717, 1.165) is 40.4 Å². The van der Waals surface area contributed by atoms with Gasteiger partial charge in [0.15, 0.2) is 18.2 Å². The van der Waals surface area contributed by atoms with Crippen molar-refractivity contribution in [2.24, 2.45) is 0 Å². The Morgan fingerprint density at radius 1 is 1.21 bits per heavy atom. The Bertz CT molecular complexity index is 984. The Balaban J connectivity index is 1.57. The van der Waals surface area contributed by atoms with Gasteiger partial charge in [-0.3, -0.25) is 0 Å². The van der Waals surface area contributed by atoms with E-state index in [9.17, 15) is 3.89 Å². The van der Waals surface area contributed by atoms with Crippen molar-refractivity contribution in [1.29, 1.82) is 0 Å². The molecule has 1 aromatic carbocycles. The van der Waals surface area contributed by atoms with Gasteiger partial charge in [-0.15, -0.1) is 14.1 Å². The van der Waals surface area contributed by atoms with Crippen LogP contribution >= 0.6 is 23.9 Å². The van der Waals surface area contributed by atoms with Crippen LogP contribution in [0.5, 0.6) is 0 Å². The smallest absolute Gasteiger partial charge is 0.188 e. The highest BCUT2D eigenvalue weighted by Gasteiger charge is 2.26. The number of fused-ring (bicyclic) bond motifs is 1. The Morgan fingerprint density at radius 2 is 2.04 bits per heavy atom. The van der Waals surface area contributed by atoms with Gasteiger partial charge in [0, 0.05) is 35.6 Å². The molecule has 0 bridgehead atoms. The average Bonchev–Trinajstić information content (AvgIpc) is 3.28. The molecule has 1 atom stereocenters. The minimum absolute atomic E-state index is 0.0186. The van der Waals surface area contributed by atoms with Gasteiger partial charge in [0.2, 0.25) is 0 Å². The molecule has 6 nitrogen and oxygen atoms in total. The molecule has 9 heteroatoms. The summed E-state index contributed by atoms with van der Waals surface area (Å²) in [5.74, 6) is 0.863. The average molecular weight is 421 g/mol. The molecule has 1 saturated heterocycles. The fourth-order valence-electron chi connectivity index (χ4n) is 3.69. The molecular formula is C19H22ClFN6S. The first-order valence-electron chi connectivity index (χ1n) is 9.18. The first kappa shape index (κ1) is 19.4. The minimum atomic E-state index is 0.0186. The lowest BCUT2D eigenvalue weighted by Crippen LogP contribution is -2.45. The van der Waals surface area contributed by atoms with Gasteiger partial charge in [-0.25, -0.2) is 0 Å². The van der Waals surface area contributed by atoms with Gasteiger partial charge < -0.3 is 10.2 Å². The highest BCUT2D eigenvalue weighted by molar-refractivity contribution is 7.92. The van der Waals surface area contributed by atoms with Gasteiger partial charge in [-0.1, -0.05) is 17.7 Å². The van der Waals surface area contributed by atoms with Crippen molar-refractivity contribution in [3.8, 4) is 11.3 Å². The summed E-state index contributed by atoms with van der Waals surface area (Å²) in [6.45, 7) is 8.41. The van der Waals surface area contributed by atoms with Crippen molar-refractivity contribution in [2.45, 2.75) is 38.8 Å². The summed E-state index contributed by atoms with van der Waals surface area (Å²) in [7, 11) is 0. The van der Waals surface area contributed by atoms with E-state index in [1.54, 1.807) is 12.3 Å². The summed E-state index contributed by atoms with van der Waals surface area (Å²) in [4.78, 5) is 2.25. The van der Waals surface area contributed by atoms with Crippen LogP contribution in [0.3, 0.4) is 0 Å². The normalized spacial score (nSPS) is 17.6. The Kier molecular flexibility index (Phi) is 5.20. The number of nitrogens with zero attached hydrogens (tertiary/aromatic N) is 5. The van der Waals surface area contributed by atoms with E-state index in [2.05, 4.69) is 46.3 Å². The van der Waals surface area contributed by atoms with Crippen LogP contribution in [0.2, 0.25) is 5.02 Å². The maximum atomic E-state index is 13.1. The lowest BCUT2D eigenvalue weighted by atomic mass is 10.1. The zero-order valence-electron chi connectivity index (χ0n) is 16.0. The number of nitrogens with one attached hydrogen (secondary N) is 1. The third-order valence-electron chi connectivity index (χ3n) is 4.79. The summed E-state index contributed by atoms with van der Waals surface area (Å²) < 4.78 is 14.2. The number of halogens is 2. The molecule has 4 rings (SSSR count). The molecule has 148 valence electrons. The number of aromatic nitrogens is 4. The molecule has 2 aromatic heterocycles. The molecule has 0 amide bonds. The Hall–Kier alpha value is -1.90. The van der Waals surface area contributed by atoms with Crippen LogP contribution < -0.4 is 10.2 Å². The molecule has 1 unspecified atom stereocenters. The number of hydrogen-bond donors (Lipinski definition) is 1. The number of hydrogen-bond acceptors (Lipinski definition) is 6. The summed E-state index contributed by atoms with van der Waals surface area (Å²) in [6, 6.07) is 7.96. The van der Waals surface area contributed by atoms with E-state index in [0.29, 0.717) is 22.3 Å². The lowest BCUT2D eigenvalue weighted by molar-refractivity contribution is 0.373. The molecule has 0 spiro atoms. The predicted octanol–water partition coefficient (Wildman–Crippen LogP) is 4.49. The van der Waals surface area contributed by atoms with Crippen molar-refractivity contribution in [3.05, 3.63) is 35.5 Å². The molecule has 3 aromatic rings. The molecular weight excluding hydrogens is 399 g/mol. The van der Waals surface area contributed by atoms with Gasteiger partial charge in [-0.2, -0.15) is 9.19 Å².